The number of rotatable bonds is 3. The first-order valence-corrected chi connectivity index (χ1v) is 9.91. The second kappa shape index (κ2) is 7.11. The lowest BCUT2D eigenvalue weighted by Crippen LogP contribution is -2.39. The average molecular weight is 372 g/mol. The van der Waals surface area contributed by atoms with E-state index in [9.17, 15) is 9.59 Å². The molecule has 2 aliphatic rings. The van der Waals surface area contributed by atoms with E-state index >= 15 is 0 Å². The molecule has 1 saturated heterocycles. The zero-order chi connectivity index (χ0) is 19.1. The van der Waals surface area contributed by atoms with Crippen molar-refractivity contribution in [1.29, 1.82) is 0 Å². The van der Waals surface area contributed by atoms with Gasteiger partial charge in [-0.3, -0.25) is 14.7 Å². The number of aryl methyl sites for hydroxylation is 1. The molecular formula is C20H28N4O3. The molecule has 2 aromatic heterocycles. The number of H-pyrrole nitrogens is 1. The first-order valence-electron chi connectivity index (χ1n) is 9.91. The van der Waals surface area contributed by atoms with E-state index in [1.807, 2.05) is 17.9 Å². The Morgan fingerprint density at radius 2 is 2.07 bits per heavy atom. The molecule has 1 saturated carbocycles. The molecule has 7 nitrogen and oxygen atoms in total. The second-order valence-corrected chi connectivity index (χ2v) is 7.94. The maximum Gasteiger partial charge on any atom is 0.275 e. The Morgan fingerprint density at radius 3 is 2.85 bits per heavy atom. The summed E-state index contributed by atoms with van der Waals surface area (Å²) in [6, 6.07) is 1.91. The van der Waals surface area contributed by atoms with Gasteiger partial charge in [-0.25, -0.2) is 9.50 Å². The number of ether oxygens (including phenoxy) is 1. The van der Waals surface area contributed by atoms with Crippen molar-refractivity contribution in [3.63, 3.8) is 0 Å². The van der Waals surface area contributed by atoms with Crippen LogP contribution in [0.3, 0.4) is 0 Å². The molecule has 0 radical (unpaired) electrons. The Balaban J connectivity index is 1.61. The molecule has 0 aromatic carbocycles. The van der Waals surface area contributed by atoms with Crippen LogP contribution in [0.2, 0.25) is 0 Å². The van der Waals surface area contributed by atoms with E-state index in [4.69, 9.17) is 4.74 Å². The van der Waals surface area contributed by atoms with Crippen molar-refractivity contribution in [2.75, 3.05) is 13.7 Å². The fourth-order valence-corrected chi connectivity index (χ4v) is 4.58. The fraction of sp³-hybridized carbons (Fsp3) is 0.650. The Bertz CT molecular complexity index is 916. The number of aromatic amines is 1. The molecule has 1 amide bonds. The van der Waals surface area contributed by atoms with Crippen LogP contribution in [-0.2, 0) is 9.53 Å². The van der Waals surface area contributed by atoms with Crippen LogP contribution in [0.1, 0.15) is 61.5 Å². The molecule has 0 bridgehead atoms. The summed E-state index contributed by atoms with van der Waals surface area (Å²) in [5.41, 5.74) is 2.84. The first-order chi connectivity index (χ1) is 13.0. The van der Waals surface area contributed by atoms with E-state index in [1.165, 1.54) is 4.52 Å². The molecule has 3 heterocycles. The summed E-state index contributed by atoms with van der Waals surface area (Å²) < 4.78 is 7.00. The lowest BCUT2D eigenvalue weighted by molar-refractivity contribution is -0.139. The molecule has 146 valence electrons. The second-order valence-electron chi connectivity index (χ2n) is 7.94. The van der Waals surface area contributed by atoms with E-state index in [0.717, 1.165) is 56.5 Å². The van der Waals surface area contributed by atoms with Crippen molar-refractivity contribution in [3.8, 4) is 0 Å². The zero-order valence-corrected chi connectivity index (χ0v) is 16.3. The quantitative estimate of drug-likeness (QED) is 0.898. The topological polar surface area (TPSA) is 79.7 Å². The lowest BCUT2D eigenvalue weighted by atomic mass is 9.86. The van der Waals surface area contributed by atoms with E-state index in [1.54, 1.807) is 14.0 Å². The molecule has 2 fully saturated rings. The number of aromatic nitrogens is 3. The molecule has 1 N–H and O–H groups in total. The monoisotopic (exact) mass is 372 g/mol. The van der Waals surface area contributed by atoms with Crippen LogP contribution in [0, 0.1) is 19.8 Å². The average Bonchev–Trinajstić information content (AvgIpc) is 3.32. The van der Waals surface area contributed by atoms with Gasteiger partial charge < -0.3 is 9.64 Å². The van der Waals surface area contributed by atoms with Gasteiger partial charge in [-0.05, 0) is 46.0 Å². The normalized spacial score (nSPS) is 26.0. The van der Waals surface area contributed by atoms with Crippen molar-refractivity contribution in [3.05, 3.63) is 33.4 Å². The highest BCUT2D eigenvalue weighted by atomic mass is 16.5. The highest BCUT2D eigenvalue weighted by Gasteiger charge is 2.37. The SMILES string of the molecule is CO[C@@H]1CCC[C@H](C(=O)N2CCC[C@H]2c2cc3nc(C)c(C)c(=O)n3[nH]2)C1. The summed E-state index contributed by atoms with van der Waals surface area (Å²) >= 11 is 0. The summed E-state index contributed by atoms with van der Waals surface area (Å²) in [5.74, 6) is 0.268. The number of carbonyl (C=O) groups is 1. The van der Waals surface area contributed by atoms with Gasteiger partial charge >= 0.3 is 0 Å². The Labute approximate surface area is 158 Å². The van der Waals surface area contributed by atoms with Gasteiger partial charge in [0.25, 0.3) is 5.56 Å². The maximum absolute atomic E-state index is 13.2. The number of fused-ring (bicyclic) bond motifs is 1. The van der Waals surface area contributed by atoms with Crippen molar-refractivity contribution in [1.82, 2.24) is 19.5 Å². The third-order valence-corrected chi connectivity index (χ3v) is 6.31. The molecule has 27 heavy (non-hydrogen) atoms. The molecule has 1 aliphatic heterocycles. The summed E-state index contributed by atoms with van der Waals surface area (Å²) in [6.07, 6.45) is 5.91. The zero-order valence-electron chi connectivity index (χ0n) is 16.3. The van der Waals surface area contributed by atoms with Crippen molar-refractivity contribution >= 4 is 11.6 Å². The largest absolute Gasteiger partial charge is 0.381 e. The van der Waals surface area contributed by atoms with Crippen LogP contribution in [-0.4, -0.2) is 45.2 Å². The number of likely N-dealkylation sites (tertiary alicyclic amines) is 1. The Kier molecular flexibility index (Phi) is 4.80. The third-order valence-electron chi connectivity index (χ3n) is 6.31. The number of methoxy groups -OCH3 is 1. The summed E-state index contributed by atoms with van der Waals surface area (Å²) in [5, 5.41) is 3.20. The van der Waals surface area contributed by atoms with Crippen LogP contribution in [0.25, 0.3) is 5.65 Å². The van der Waals surface area contributed by atoms with E-state index in [-0.39, 0.29) is 29.5 Å². The van der Waals surface area contributed by atoms with Crippen LogP contribution >= 0.6 is 0 Å². The van der Waals surface area contributed by atoms with Crippen LogP contribution in [0.15, 0.2) is 10.9 Å². The molecule has 7 heteroatoms. The van der Waals surface area contributed by atoms with Gasteiger partial charge in [0.2, 0.25) is 5.91 Å². The number of amides is 1. The smallest absolute Gasteiger partial charge is 0.275 e. The molecular weight excluding hydrogens is 344 g/mol. The maximum atomic E-state index is 13.2. The minimum atomic E-state index is -0.0742. The highest BCUT2D eigenvalue weighted by Crippen LogP contribution is 2.36. The van der Waals surface area contributed by atoms with Gasteiger partial charge in [-0.1, -0.05) is 6.42 Å². The van der Waals surface area contributed by atoms with Gasteiger partial charge in [0.15, 0.2) is 5.65 Å². The van der Waals surface area contributed by atoms with Gasteiger partial charge in [-0.2, -0.15) is 0 Å². The number of nitrogens with zero attached hydrogens (tertiary/aromatic N) is 3. The predicted octanol–water partition coefficient (Wildman–Crippen LogP) is 2.51. The molecule has 4 rings (SSSR count). The highest BCUT2D eigenvalue weighted by molar-refractivity contribution is 5.79. The van der Waals surface area contributed by atoms with Crippen molar-refractivity contribution in [2.45, 2.75) is 64.5 Å². The molecule has 1 aliphatic carbocycles. The standard InChI is InChI=1S/C20H28N4O3/c1-12-13(2)21-18-11-16(22-24(18)19(12)25)17-8-5-9-23(17)20(26)14-6-4-7-15(10-14)27-3/h11,14-15,17,22H,4-10H2,1-3H3/t14-,15+,17-/m0/s1. The first kappa shape index (κ1) is 18.2. The number of hydrogen-bond donors (Lipinski definition) is 1. The summed E-state index contributed by atoms with van der Waals surface area (Å²) in [7, 11) is 1.73. The molecule has 3 atom stereocenters. The molecule has 0 unspecified atom stereocenters. The molecule has 0 spiro atoms. The van der Waals surface area contributed by atoms with Crippen LogP contribution in [0.4, 0.5) is 0 Å². The van der Waals surface area contributed by atoms with E-state index < -0.39 is 0 Å². The minimum absolute atomic E-state index is 0.0119. The Hall–Kier alpha value is -2.15. The number of carbonyl (C=O) groups excluding carboxylic acids is 1. The third kappa shape index (κ3) is 3.18. The van der Waals surface area contributed by atoms with Crippen LogP contribution in [0.5, 0.6) is 0 Å². The minimum Gasteiger partial charge on any atom is -0.381 e. The Morgan fingerprint density at radius 1 is 1.26 bits per heavy atom. The van der Waals surface area contributed by atoms with E-state index in [0.29, 0.717) is 11.2 Å². The van der Waals surface area contributed by atoms with Crippen molar-refractivity contribution in [2.24, 2.45) is 5.92 Å². The number of hydrogen-bond acceptors (Lipinski definition) is 4. The fourth-order valence-electron chi connectivity index (χ4n) is 4.58. The van der Waals surface area contributed by atoms with Crippen LogP contribution < -0.4 is 5.56 Å². The van der Waals surface area contributed by atoms with E-state index in [2.05, 4.69) is 10.1 Å². The molecule has 2 aromatic rings. The van der Waals surface area contributed by atoms with Gasteiger partial charge in [0, 0.05) is 36.9 Å². The number of nitrogens with one attached hydrogen (secondary N) is 1. The van der Waals surface area contributed by atoms with Gasteiger partial charge in [-0.15, -0.1) is 0 Å². The predicted molar refractivity (Wildman–Crippen MR) is 102 cm³/mol. The van der Waals surface area contributed by atoms with Gasteiger partial charge in [0.05, 0.1) is 17.8 Å². The summed E-state index contributed by atoms with van der Waals surface area (Å²) in [6.45, 7) is 4.41. The summed E-state index contributed by atoms with van der Waals surface area (Å²) in [4.78, 5) is 32.2. The lowest BCUT2D eigenvalue weighted by Gasteiger charge is -2.32. The van der Waals surface area contributed by atoms with Crippen molar-refractivity contribution < 1.29 is 9.53 Å². The van der Waals surface area contributed by atoms with Gasteiger partial charge in [0.1, 0.15) is 0 Å².